The first kappa shape index (κ1) is 13.8. The van der Waals surface area contributed by atoms with Gasteiger partial charge < -0.3 is 10.0 Å². The van der Waals surface area contributed by atoms with Crippen molar-refractivity contribution in [3.63, 3.8) is 0 Å². The largest absolute Gasteiger partial charge is 0.508 e. The highest BCUT2D eigenvalue weighted by atomic mass is 32.2. The number of aromatic hydroxyl groups is 1. The van der Waals surface area contributed by atoms with Gasteiger partial charge in [0.05, 0.1) is 0 Å². The van der Waals surface area contributed by atoms with Gasteiger partial charge in [-0.2, -0.15) is 12.7 Å². The summed E-state index contributed by atoms with van der Waals surface area (Å²) in [6.07, 6.45) is 0. The first-order chi connectivity index (χ1) is 8.88. The van der Waals surface area contributed by atoms with E-state index in [0.717, 1.165) is 4.31 Å². The number of hydrogen-bond donors (Lipinski definition) is 2. The molecule has 0 aliphatic carbocycles. The Hall–Kier alpha value is -1.64. The third-order valence-corrected chi connectivity index (χ3v) is 4.06. The van der Waals surface area contributed by atoms with Gasteiger partial charge in [-0.1, -0.05) is 6.07 Å². The summed E-state index contributed by atoms with van der Waals surface area (Å²) < 4.78 is 23.4. The Morgan fingerprint density at radius 1 is 1.21 bits per heavy atom. The van der Waals surface area contributed by atoms with Crippen molar-refractivity contribution in [1.82, 2.24) is 9.21 Å². The van der Waals surface area contributed by atoms with E-state index in [-0.39, 0.29) is 37.8 Å². The molecule has 3 N–H and O–H groups in total. The number of piperazine rings is 1. The summed E-state index contributed by atoms with van der Waals surface area (Å²) in [7, 11) is -3.69. The Balaban J connectivity index is 2.04. The minimum absolute atomic E-state index is 0.0222. The number of benzene rings is 1. The zero-order chi connectivity index (χ0) is 14.0. The molecule has 1 saturated heterocycles. The van der Waals surface area contributed by atoms with E-state index in [9.17, 15) is 18.3 Å². The van der Waals surface area contributed by atoms with Crippen LogP contribution in [0.3, 0.4) is 0 Å². The molecule has 0 saturated carbocycles. The topological polar surface area (TPSA) is 104 Å². The van der Waals surface area contributed by atoms with Crippen molar-refractivity contribution >= 4 is 16.1 Å². The van der Waals surface area contributed by atoms with Crippen molar-refractivity contribution < 1.29 is 18.3 Å². The number of nitrogens with two attached hydrogens (primary N) is 1. The lowest BCUT2D eigenvalue weighted by molar-refractivity contribution is 0.0697. The smallest absolute Gasteiger partial charge is 0.277 e. The van der Waals surface area contributed by atoms with Crippen molar-refractivity contribution in [3.05, 3.63) is 29.8 Å². The van der Waals surface area contributed by atoms with Crippen LogP contribution in [0.15, 0.2) is 24.3 Å². The van der Waals surface area contributed by atoms with Crippen LogP contribution in [0.25, 0.3) is 0 Å². The second-order valence-electron chi connectivity index (χ2n) is 4.29. The summed E-state index contributed by atoms with van der Waals surface area (Å²) in [5.74, 6) is -0.209. The van der Waals surface area contributed by atoms with Gasteiger partial charge in [-0.15, -0.1) is 0 Å². The van der Waals surface area contributed by atoms with Crippen LogP contribution in [-0.4, -0.2) is 54.8 Å². The Morgan fingerprint density at radius 2 is 1.84 bits per heavy atom. The summed E-state index contributed by atoms with van der Waals surface area (Å²) in [4.78, 5) is 13.7. The molecule has 1 amide bonds. The van der Waals surface area contributed by atoms with E-state index >= 15 is 0 Å². The Labute approximate surface area is 111 Å². The Bertz CT molecular complexity index is 579. The maximum absolute atomic E-state index is 12.1. The molecule has 0 bridgehead atoms. The van der Waals surface area contributed by atoms with Gasteiger partial charge in [0.1, 0.15) is 5.75 Å². The molecule has 8 heteroatoms. The molecule has 0 aromatic heterocycles. The minimum atomic E-state index is -3.69. The van der Waals surface area contributed by atoms with Crippen LogP contribution in [0.1, 0.15) is 10.4 Å². The standard InChI is InChI=1S/C11H15N3O4S/c12-19(17,18)14-6-4-13(5-7-14)11(16)9-2-1-3-10(15)8-9/h1-3,8,15H,4-7H2,(H2,12,17,18). The molecule has 0 radical (unpaired) electrons. The summed E-state index contributed by atoms with van der Waals surface area (Å²) in [6, 6.07) is 6.06. The lowest BCUT2D eigenvalue weighted by Crippen LogP contribution is -2.52. The van der Waals surface area contributed by atoms with Crippen LogP contribution < -0.4 is 5.14 Å². The molecule has 2 rings (SSSR count). The molecule has 19 heavy (non-hydrogen) atoms. The molecule has 0 atom stereocenters. The monoisotopic (exact) mass is 285 g/mol. The highest BCUT2D eigenvalue weighted by Crippen LogP contribution is 2.14. The van der Waals surface area contributed by atoms with Gasteiger partial charge >= 0.3 is 0 Å². The maximum Gasteiger partial charge on any atom is 0.277 e. The quantitative estimate of drug-likeness (QED) is 0.753. The molecule has 0 spiro atoms. The van der Waals surface area contributed by atoms with E-state index < -0.39 is 10.2 Å². The molecule has 1 fully saturated rings. The number of hydrogen-bond acceptors (Lipinski definition) is 4. The number of phenolic OH excluding ortho intramolecular Hbond substituents is 1. The fourth-order valence-electron chi connectivity index (χ4n) is 1.97. The summed E-state index contributed by atoms with van der Waals surface area (Å²) in [5.41, 5.74) is 0.379. The van der Waals surface area contributed by atoms with Gasteiger partial charge in [0.2, 0.25) is 0 Å². The van der Waals surface area contributed by atoms with Gasteiger partial charge in [-0.3, -0.25) is 4.79 Å². The van der Waals surface area contributed by atoms with E-state index in [1.807, 2.05) is 0 Å². The van der Waals surface area contributed by atoms with Gasteiger partial charge in [-0.05, 0) is 18.2 Å². The van der Waals surface area contributed by atoms with E-state index in [1.54, 1.807) is 12.1 Å². The highest BCUT2D eigenvalue weighted by Gasteiger charge is 2.26. The van der Waals surface area contributed by atoms with Crippen molar-refractivity contribution in [2.24, 2.45) is 5.14 Å². The number of nitrogens with zero attached hydrogens (tertiary/aromatic N) is 2. The van der Waals surface area contributed by atoms with Crippen LogP contribution in [-0.2, 0) is 10.2 Å². The third-order valence-electron chi connectivity index (χ3n) is 2.98. The number of carbonyl (C=O) groups is 1. The zero-order valence-electron chi connectivity index (χ0n) is 10.2. The Kier molecular flexibility index (Phi) is 3.74. The summed E-state index contributed by atoms with van der Waals surface area (Å²) >= 11 is 0. The van der Waals surface area contributed by atoms with Crippen LogP contribution >= 0.6 is 0 Å². The van der Waals surface area contributed by atoms with Crippen LogP contribution in [0.5, 0.6) is 5.75 Å². The molecule has 1 aliphatic heterocycles. The fraction of sp³-hybridized carbons (Fsp3) is 0.364. The van der Waals surface area contributed by atoms with Gasteiger partial charge in [0, 0.05) is 31.7 Å². The van der Waals surface area contributed by atoms with E-state index in [0.29, 0.717) is 5.56 Å². The van der Waals surface area contributed by atoms with Crippen LogP contribution in [0.2, 0.25) is 0 Å². The lowest BCUT2D eigenvalue weighted by atomic mass is 10.2. The van der Waals surface area contributed by atoms with E-state index in [2.05, 4.69) is 0 Å². The molecular weight excluding hydrogens is 270 g/mol. The van der Waals surface area contributed by atoms with Crippen molar-refractivity contribution in [2.75, 3.05) is 26.2 Å². The van der Waals surface area contributed by atoms with E-state index in [1.165, 1.54) is 17.0 Å². The minimum Gasteiger partial charge on any atom is -0.508 e. The number of phenols is 1. The van der Waals surface area contributed by atoms with Crippen molar-refractivity contribution in [3.8, 4) is 5.75 Å². The maximum atomic E-state index is 12.1. The van der Waals surface area contributed by atoms with Crippen LogP contribution in [0, 0.1) is 0 Å². The number of rotatable bonds is 2. The Morgan fingerprint density at radius 3 is 2.37 bits per heavy atom. The second-order valence-corrected chi connectivity index (χ2v) is 5.83. The SMILES string of the molecule is NS(=O)(=O)N1CCN(C(=O)c2cccc(O)c2)CC1. The summed E-state index contributed by atoms with van der Waals surface area (Å²) in [6.45, 7) is 0.933. The molecule has 104 valence electrons. The second kappa shape index (κ2) is 5.16. The van der Waals surface area contributed by atoms with Crippen LogP contribution in [0.4, 0.5) is 0 Å². The molecule has 1 aliphatic rings. The van der Waals surface area contributed by atoms with Crippen molar-refractivity contribution in [1.29, 1.82) is 0 Å². The average Bonchev–Trinajstić information content (AvgIpc) is 2.37. The van der Waals surface area contributed by atoms with Gasteiger partial charge in [0.15, 0.2) is 0 Å². The normalized spacial score (nSPS) is 17.4. The molecule has 1 heterocycles. The zero-order valence-corrected chi connectivity index (χ0v) is 11.0. The lowest BCUT2D eigenvalue weighted by Gasteiger charge is -2.32. The average molecular weight is 285 g/mol. The summed E-state index contributed by atoms with van der Waals surface area (Å²) in [5, 5.41) is 14.4. The number of amides is 1. The number of carbonyl (C=O) groups excluding carboxylic acids is 1. The fourth-order valence-corrected chi connectivity index (χ4v) is 2.64. The third kappa shape index (κ3) is 3.22. The van der Waals surface area contributed by atoms with Gasteiger partial charge in [0.25, 0.3) is 16.1 Å². The first-order valence-corrected chi connectivity index (χ1v) is 7.24. The molecule has 7 nitrogen and oxygen atoms in total. The predicted molar refractivity (Wildman–Crippen MR) is 68.7 cm³/mol. The molecule has 1 aromatic carbocycles. The molecule has 0 unspecified atom stereocenters. The first-order valence-electron chi connectivity index (χ1n) is 5.74. The molecule has 1 aromatic rings. The van der Waals surface area contributed by atoms with E-state index in [4.69, 9.17) is 5.14 Å². The van der Waals surface area contributed by atoms with Crippen molar-refractivity contribution in [2.45, 2.75) is 0 Å². The predicted octanol–water partition coefficient (Wildman–Crippen LogP) is -0.646. The highest BCUT2D eigenvalue weighted by molar-refractivity contribution is 7.86. The molecular formula is C11H15N3O4S. The van der Waals surface area contributed by atoms with Gasteiger partial charge in [-0.25, -0.2) is 5.14 Å².